The Kier molecular flexibility index (Phi) is 4.21. The van der Waals surface area contributed by atoms with Crippen LogP contribution in [-0.4, -0.2) is 18.7 Å². The maximum absolute atomic E-state index is 12.3. The van der Waals surface area contributed by atoms with Gasteiger partial charge in [0.25, 0.3) is 5.56 Å². The van der Waals surface area contributed by atoms with E-state index in [2.05, 4.69) is 59.0 Å². The van der Waals surface area contributed by atoms with Gasteiger partial charge in [-0.15, -0.1) is 0 Å². The van der Waals surface area contributed by atoms with Crippen LogP contribution in [0.25, 0.3) is 11.2 Å². The van der Waals surface area contributed by atoms with Gasteiger partial charge in [0.2, 0.25) is 0 Å². The molecule has 3 rings (SSSR count). The van der Waals surface area contributed by atoms with Gasteiger partial charge in [-0.1, -0.05) is 38.1 Å². The molecular formula is C17H19BrN4O2. The smallest absolute Gasteiger partial charge is 0.300 e. The van der Waals surface area contributed by atoms with Crippen LogP contribution in [0.2, 0.25) is 0 Å². The predicted octanol–water partition coefficient (Wildman–Crippen LogP) is 2.37. The molecule has 0 aliphatic heterocycles. The molecule has 0 bridgehead atoms. The third kappa shape index (κ3) is 2.62. The van der Waals surface area contributed by atoms with Crippen LogP contribution in [-0.2, 0) is 20.6 Å². The van der Waals surface area contributed by atoms with Crippen LogP contribution < -0.4 is 11.2 Å². The first-order valence-corrected chi connectivity index (χ1v) is 8.51. The van der Waals surface area contributed by atoms with E-state index in [1.54, 1.807) is 7.05 Å². The van der Waals surface area contributed by atoms with Crippen LogP contribution in [0.4, 0.5) is 0 Å². The minimum atomic E-state index is -0.386. The Morgan fingerprint density at radius 3 is 2.29 bits per heavy atom. The molecule has 24 heavy (non-hydrogen) atoms. The van der Waals surface area contributed by atoms with Crippen LogP contribution >= 0.6 is 15.9 Å². The monoisotopic (exact) mass is 390 g/mol. The Bertz CT molecular complexity index is 1030. The number of aromatic nitrogens is 4. The number of benzene rings is 1. The molecule has 0 saturated carbocycles. The molecule has 0 radical (unpaired) electrons. The zero-order valence-corrected chi connectivity index (χ0v) is 15.7. The van der Waals surface area contributed by atoms with Gasteiger partial charge in [-0.25, -0.2) is 9.78 Å². The highest BCUT2D eigenvalue weighted by Gasteiger charge is 2.17. The lowest BCUT2D eigenvalue weighted by molar-refractivity contribution is 0.685. The number of hydrogen-bond acceptors (Lipinski definition) is 3. The van der Waals surface area contributed by atoms with E-state index in [0.29, 0.717) is 22.8 Å². The molecule has 6 nitrogen and oxygen atoms in total. The number of imidazole rings is 1. The molecule has 0 N–H and O–H groups in total. The van der Waals surface area contributed by atoms with Crippen LogP contribution in [0.3, 0.4) is 0 Å². The first-order chi connectivity index (χ1) is 11.3. The van der Waals surface area contributed by atoms with Crippen molar-refractivity contribution in [3.8, 4) is 0 Å². The molecule has 126 valence electrons. The van der Waals surface area contributed by atoms with Crippen molar-refractivity contribution in [2.24, 2.45) is 14.1 Å². The van der Waals surface area contributed by atoms with Gasteiger partial charge in [0.15, 0.2) is 15.9 Å². The van der Waals surface area contributed by atoms with Crippen LogP contribution in [0.5, 0.6) is 0 Å². The highest BCUT2D eigenvalue weighted by Crippen LogP contribution is 2.20. The van der Waals surface area contributed by atoms with E-state index in [1.807, 2.05) is 4.57 Å². The fourth-order valence-electron chi connectivity index (χ4n) is 2.79. The molecule has 7 heteroatoms. The summed E-state index contributed by atoms with van der Waals surface area (Å²) in [4.78, 5) is 28.8. The second kappa shape index (κ2) is 6.05. The van der Waals surface area contributed by atoms with Crippen molar-refractivity contribution in [1.29, 1.82) is 0 Å². The summed E-state index contributed by atoms with van der Waals surface area (Å²) >= 11 is 3.41. The van der Waals surface area contributed by atoms with Crippen LogP contribution in [0.15, 0.2) is 38.6 Å². The Balaban J connectivity index is 2.15. The van der Waals surface area contributed by atoms with Crippen LogP contribution in [0, 0.1) is 0 Å². The van der Waals surface area contributed by atoms with E-state index in [1.165, 1.54) is 17.2 Å². The third-order valence-electron chi connectivity index (χ3n) is 4.28. The average molecular weight is 391 g/mol. The fraction of sp³-hybridized carbons (Fsp3) is 0.353. The maximum Gasteiger partial charge on any atom is 0.332 e. The molecule has 2 aromatic heterocycles. The maximum atomic E-state index is 12.3. The summed E-state index contributed by atoms with van der Waals surface area (Å²) in [6, 6.07) is 8.33. The normalized spacial score (nSPS) is 11.6. The minimum Gasteiger partial charge on any atom is -0.300 e. The molecule has 0 atom stereocenters. The van der Waals surface area contributed by atoms with Gasteiger partial charge >= 0.3 is 5.69 Å². The largest absolute Gasteiger partial charge is 0.332 e. The molecule has 0 aliphatic carbocycles. The lowest BCUT2D eigenvalue weighted by Crippen LogP contribution is -2.37. The lowest BCUT2D eigenvalue weighted by atomic mass is 10.0. The summed E-state index contributed by atoms with van der Waals surface area (Å²) in [6.07, 6.45) is 0. The first-order valence-electron chi connectivity index (χ1n) is 7.72. The minimum absolute atomic E-state index is 0.283. The van der Waals surface area contributed by atoms with E-state index < -0.39 is 0 Å². The number of rotatable bonds is 3. The number of aryl methyl sites for hydroxylation is 1. The van der Waals surface area contributed by atoms with Crippen molar-refractivity contribution in [3.05, 3.63) is 61.0 Å². The summed E-state index contributed by atoms with van der Waals surface area (Å²) in [7, 11) is 3.11. The second-order valence-corrected chi connectivity index (χ2v) is 6.95. The van der Waals surface area contributed by atoms with E-state index >= 15 is 0 Å². The van der Waals surface area contributed by atoms with Crippen molar-refractivity contribution >= 4 is 27.1 Å². The van der Waals surface area contributed by atoms with Crippen LogP contribution in [0.1, 0.15) is 30.9 Å². The number of fused-ring (bicyclic) bond motifs is 1. The summed E-state index contributed by atoms with van der Waals surface area (Å²) in [6.45, 7) is 4.83. The van der Waals surface area contributed by atoms with Gasteiger partial charge in [-0.3, -0.25) is 18.5 Å². The molecule has 0 fully saturated rings. The molecule has 3 aromatic rings. The zero-order chi connectivity index (χ0) is 17.6. The van der Waals surface area contributed by atoms with Gasteiger partial charge < -0.3 is 0 Å². The summed E-state index contributed by atoms with van der Waals surface area (Å²) in [5.41, 5.74) is 2.40. The van der Waals surface area contributed by atoms with E-state index in [4.69, 9.17) is 0 Å². The molecule has 0 spiro atoms. The summed E-state index contributed by atoms with van der Waals surface area (Å²) in [5, 5.41) is 0. The zero-order valence-electron chi connectivity index (χ0n) is 14.1. The highest BCUT2D eigenvalue weighted by molar-refractivity contribution is 9.10. The second-order valence-electron chi connectivity index (χ2n) is 6.24. The molecule has 0 amide bonds. The van der Waals surface area contributed by atoms with E-state index in [9.17, 15) is 9.59 Å². The first kappa shape index (κ1) is 16.7. The predicted molar refractivity (Wildman–Crippen MR) is 97.5 cm³/mol. The Hall–Kier alpha value is -2.15. The van der Waals surface area contributed by atoms with E-state index in [-0.39, 0.29) is 16.8 Å². The van der Waals surface area contributed by atoms with Crippen molar-refractivity contribution < 1.29 is 0 Å². The topological polar surface area (TPSA) is 61.8 Å². The quantitative estimate of drug-likeness (QED) is 0.644. The Morgan fingerprint density at radius 1 is 1.08 bits per heavy atom. The fourth-order valence-corrected chi connectivity index (χ4v) is 3.26. The van der Waals surface area contributed by atoms with Crippen molar-refractivity contribution in [2.75, 3.05) is 0 Å². The highest BCUT2D eigenvalue weighted by atomic mass is 79.9. The van der Waals surface area contributed by atoms with Gasteiger partial charge in [0, 0.05) is 14.1 Å². The van der Waals surface area contributed by atoms with Gasteiger partial charge in [0.1, 0.15) is 0 Å². The standard InChI is InChI=1S/C17H19BrN4O2/c1-10(2)12-7-5-11(6-8-12)9-22-14-13(19-16(22)18)15(23)21(4)17(24)20(14)3/h5-8,10H,9H2,1-4H3. The van der Waals surface area contributed by atoms with Gasteiger partial charge in [0.05, 0.1) is 6.54 Å². The molecule has 0 saturated heterocycles. The number of nitrogens with zero attached hydrogens (tertiary/aromatic N) is 4. The Labute approximate surface area is 147 Å². The third-order valence-corrected chi connectivity index (χ3v) is 4.89. The lowest BCUT2D eigenvalue weighted by Gasteiger charge is -2.11. The van der Waals surface area contributed by atoms with Gasteiger partial charge in [-0.05, 0) is 33.0 Å². The average Bonchev–Trinajstić information content (AvgIpc) is 2.88. The van der Waals surface area contributed by atoms with Crippen molar-refractivity contribution in [2.45, 2.75) is 26.3 Å². The molecule has 0 aliphatic rings. The molecule has 0 unspecified atom stereocenters. The number of halogens is 1. The number of hydrogen-bond donors (Lipinski definition) is 0. The van der Waals surface area contributed by atoms with Crippen molar-refractivity contribution in [3.63, 3.8) is 0 Å². The summed E-state index contributed by atoms with van der Waals surface area (Å²) in [5.74, 6) is 0.476. The molecular weight excluding hydrogens is 372 g/mol. The van der Waals surface area contributed by atoms with E-state index in [0.717, 1.165) is 10.1 Å². The summed E-state index contributed by atoms with van der Waals surface area (Å²) < 4.78 is 4.90. The van der Waals surface area contributed by atoms with Crippen molar-refractivity contribution in [1.82, 2.24) is 18.7 Å². The molecule has 2 heterocycles. The molecule has 1 aromatic carbocycles. The SMILES string of the molecule is CC(C)c1ccc(Cn2c(Br)nc3c(=O)n(C)c(=O)n(C)c32)cc1. The van der Waals surface area contributed by atoms with Gasteiger partial charge in [-0.2, -0.15) is 0 Å². The Morgan fingerprint density at radius 2 is 1.71 bits per heavy atom.